The molecule has 1 fully saturated rings. The molecule has 1 N–H and O–H groups in total. The molecular weight excluding hydrogens is 280 g/mol. The fraction of sp³-hybridized carbons (Fsp3) is 0.538. The molecule has 0 radical (unpaired) electrons. The summed E-state index contributed by atoms with van der Waals surface area (Å²) in [6.07, 6.45) is 3.91. The van der Waals surface area contributed by atoms with E-state index in [1.165, 1.54) is 12.3 Å². The van der Waals surface area contributed by atoms with Crippen molar-refractivity contribution in [2.75, 3.05) is 17.7 Å². The standard InChI is InChI=1S/C13H18N2O4S/c1-9-5-7-15(10(8-9)13(16)17)12-11(20(2,18)19)4-3-6-14-12/h3-4,6,9-10H,5,7-8H2,1-2H3,(H,16,17). The average Bonchev–Trinajstić information content (AvgIpc) is 2.37. The van der Waals surface area contributed by atoms with Gasteiger partial charge in [0.2, 0.25) is 0 Å². The van der Waals surface area contributed by atoms with Gasteiger partial charge in [0.05, 0.1) is 0 Å². The third-order valence-electron chi connectivity index (χ3n) is 3.57. The van der Waals surface area contributed by atoms with Crippen molar-refractivity contribution in [3.63, 3.8) is 0 Å². The van der Waals surface area contributed by atoms with Crippen molar-refractivity contribution >= 4 is 21.6 Å². The minimum absolute atomic E-state index is 0.0841. The van der Waals surface area contributed by atoms with Crippen LogP contribution >= 0.6 is 0 Å². The molecule has 2 heterocycles. The van der Waals surface area contributed by atoms with E-state index in [0.717, 1.165) is 12.7 Å². The molecule has 7 heteroatoms. The minimum atomic E-state index is -3.44. The Morgan fingerprint density at radius 3 is 2.80 bits per heavy atom. The van der Waals surface area contributed by atoms with Gasteiger partial charge in [-0.1, -0.05) is 6.92 Å². The average molecular weight is 298 g/mol. The van der Waals surface area contributed by atoms with Crippen LogP contribution in [0, 0.1) is 5.92 Å². The van der Waals surface area contributed by atoms with Crippen LogP contribution in [0.25, 0.3) is 0 Å². The first-order valence-electron chi connectivity index (χ1n) is 6.45. The molecule has 1 aromatic heterocycles. The molecule has 1 saturated heterocycles. The van der Waals surface area contributed by atoms with Crippen LogP contribution in [0.4, 0.5) is 5.82 Å². The lowest BCUT2D eigenvalue weighted by atomic mass is 9.92. The number of piperidine rings is 1. The number of pyridine rings is 1. The second-order valence-corrected chi connectivity index (χ2v) is 7.26. The lowest BCUT2D eigenvalue weighted by Crippen LogP contribution is -2.47. The van der Waals surface area contributed by atoms with Crippen molar-refractivity contribution in [1.29, 1.82) is 0 Å². The van der Waals surface area contributed by atoms with E-state index < -0.39 is 21.8 Å². The Bertz CT molecular complexity index is 615. The van der Waals surface area contributed by atoms with Gasteiger partial charge in [0.15, 0.2) is 9.84 Å². The number of carboxylic acid groups (broad SMARTS) is 1. The lowest BCUT2D eigenvalue weighted by molar-refractivity contribution is -0.139. The highest BCUT2D eigenvalue weighted by Crippen LogP contribution is 2.30. The zero-order valence-electron chi connectivity index (χ0n) is 11.5. The summed E-state index contributed by atoms with van der Waals surface area (Å²) < 4.78 is 23.6. The van der Waals surface area contributed by atoms with Crippen LogP contribution in [0.2, 0.25) is 0 Å². The largest absolute Gasteiger partial charge is 0.480 e. The van der Waals surface area contributed by atoms with Crippen LogP contribution in [-0.4, -0.2) is 43.3 Å². The van der Waals surface area contributed by atoms with Crippen molar-refractivity contribution in [2.24, 2.45) is 5.92 Å². The Balaban J connectivity index is 2.47. The molecule has 0 bridgehead atoms. The highest BCUT2D eigenvalue weighted by atomic mass is 32.2. The van der Waals surface area contributed by atoms with Gasteiger partial charge in [-0.2, -0.15) is 0 Å². The Labute approximate surface area is 118 Å². The van der Waals surface area contributed by atoms with Crippen LogP contribution in [-0.2, 0) is 14.6 Å². The van der Waals surface area contributed by atoms with Gasteiger partial charge in [-0.05, 0) is 30.9 Å². The normalized spacial score (nSPS) is 23.6. The van der Waals surface area contributed by atoms with Crippen LogP contribution in [0.5, 0.6) is 0 Å². The predicted molar refractivity (Wildman–Crippen MR) is 74.5 cm³/mol. The van der Waals surface area contributed by atoms with Gasteiger partial charge in [-0.25, -0.2) is 18.2 Å². The van der Waals surface area contributed by atoms with Crippen LogP contribution in [0.3, 0.4) is 0 Å². The number of hydrogen-bond acceptors (Lipinski definition) is 5. The van der Waals surface area contributed by atoms with Gasteiger partial charge in [0.25, 0.3) is 0 Å². The van der Waals surface area contributed by atoms with Crippen LogP contribution in [0.1, 0.15) is 19.8 Å². The van der Waals surface area contributed by atoms with Crippen molar-refractivity contribution in [2.45, 2.75) is 30.7 Å². The van der Waals surface area contributed by atoms with E-state index >= 15 is 0 Å². The first-order valence-corrected chi connectivity index (χ1v) is 8.34. The van der Waals surface area contributed by atoms with E-state index in [0.29, 0.717) is 18.9 Å². The van der Waals surface area contributed by atoms with Crippen molar-refractivity contribution in [3.05, 3.63) is 18.3 Å². The zero-order valence-corrected chi connectivity index (χ0v) is 12.3. The molecule has 2 atom stereocenters. The second-order valence-electron chi connectivity index (χ2n) is 5.27. The molecule has 20 heavy (non-hydrogen) atoms. The van der Waals surface area contributed by atoms with E-state index in [2.05, 4.69) is 4.98 Å². The summed E-state index contributed by atoms with van der Waals surface area (Å²) in [5.74, 6) is -0.395. The third-order valence-corrected chi connectivity index (χ3v) is 4.69. The lowest BCUT2D eigenvalue weighted by Gasteiger charge is -2.37. The summed E-state index contributed by atoms with van der Waals surface area (Å²) in [7, 11) is -3.44. The van der Waals surface area contributed by atoms with Crippen molar-refractivity contribution < 1.29 is 18.3 Å². The van der Waals surface area contributed by atoms with E-state index in [9.17, 15) is 18.3 Å². The fourth-order valence-electron chi connectivity index (χ4n) is 2.52. The van der Waals surface area contributed by atoms with E-state index in [4.69, 9.17) is 0 Å². The fourth-order valence-corrected chi connectivity index (χ4v) is 3.34. The van der Waals surface area contributed by atoms with Crippen LogP contribution < -0.4 is 4.90 Å². The van der Waals surface area contributed by atoms with E-state index in [1.807, 2.05) is 6.92 Å². The number of sulfone groups is 1. The molecule has 0 spiro atoms. The first-order chi connectivity index (χ1) is 9.30. The van der Waals surface area contributed by atoms with Gasteiger partial charge in [0.1, 0.15) is 16.8 Å². The van der Waals surface area contributed by atoms with Gasteiger partial charge < -0.3 is 10.0 Å². The Hall–Kier alpha value is -1.63. The third kappa shape index (κ3) is 2.92. The molecule has 6 nitrogen and oxygen atoms in total. The van der Waals surface area contributed by atoms with Crippen molar-refractivity contribution in [1.82, 2.24) is 4.98 Å². The topological polar surface area (TPSA) is 87.6 Å². The number of rotatable bonds is 3. The smallest absolute Gasteiger partial charge is 0.326 e. The van der Waals surface area contributed by atoms with Gasteiger partial charge >= 0.3 is 5.97 Å². The number of carbonyl (C=O) groups is 1. The summed E-state index contributed by atoms with van der Waals surface area (Å²) in [5, 5.41) is 9.36. The summed E-state index contributed by atoms with van der Waals surface area (Å²) in [6.45, 7) is 2.50. The number of carboxylic acids is 1. The number of hydrogen-bond donors (Lipinski definition) is 1. The molecule has 0 aromatic carbocycles. The number of nitrogens with zero attached hydrogens (tertiary/aromatic N) is 2. The quantitative estimate of drug-likeness (QED) is 0.901. The summed E-state index contributed by atoms with van der Waals surface area (Å²) in [6, 6.07) is 2.28. The molecule has 2 unspecified atom stereocenters. The molecule has 2 rings (SSSR count). The summed E-state index contributed by atoms with van der Waals surface area (Å²) in [5.41, 5.74) is 0. The minimum Gasteiger partial charge on any atom is -0.480 e. The highest BCUT2D eigenvalue weighted by molar-refractivity contribution is 7.90. The van der Waals surface area contributed by atoms with Crippen LogP contribution in [0.15, 0.2) is 23.2 Å². The maximum Gasteiger partial charge on any atom is 0.326 e. The molecule has 1 aliphatic heterocycles. The maximum absolute atomic E-state index is 11.8. The molecule has 0 amide bonds. The van der Waals surface area contributed by atoms with Gasteiger partial charge in [-0.3, -0.25) is 0 Å². The second kappa shape index (κ2) is 5.40. The predicted octanol–water partition coefficient (Wildman–Crippen LogP) is 1.17. The Morgan fingerprint density at radius 1 is 1.50 bits per heavy atom. The number of aliphatic carboxylic acids is 1. The molecule has 110 valence electrons. The Morgan fingerprint density at radius 2 is 2.20 bits per heavy atom. The van der Waals surface area contributed by atoms with E-state index in [-0.39, 0.29) is 10.7 Å². The monoisotopic (exact) mass is 298 g/mol. The molecule has 0 saturated carbocycles. The first kappa shape index (κ1) is 14.8. The maximum atomic E-state index is 11.8. The summed E-state index contributed by atoms with van der Waals surface area (Å²) in [4.78, 5) is 17.2. The molecular formula is C13H18N2O4S. The van der Waals surface area contributed by atoms with Crippen molar-refractivity contribution in [3.8, 4) is 0 Å². The number of anilines is 1. The SMILES string of the molecule is CC1CCN(c2ncccc2S(C)(=O)=O)C(C(=O)O)C1. The molecule has 1 aromatic rings. The Kier molecular flexibility index (Phi) is 3.99. The zero-order chi connectivity index (χ0) is 14.9. The number of aromatic nitrogens is 1. The summed E-state index contributed by atoms with van der Waals surface area (Å²) >= 11 is 0. The molecule has 1 aliphatic rings. The van der Waals surface area contributed by atoms with E-state index in [1.54, 1.807) is 11.0 Å². The molecule has 0 aliphatic carbocycles. The highest BCUT2D eigenvalue weighted by Gasteiger charge is 2.34. The van der Waals surface area contributed by atoms with Gasteiger partial charge in [-0.15, -0.1) is 0 Å². The van der Waals surface area contributed by atoms with Gasteiger partial charge in [0, 0.05) is 19.0 Å².